The van der Waals surface area contributed by atoms with Crippen LogP contribution in [0.25, 0.3) is 21.5 Å². The molecule has 4 aromatic carbocycles. The number of nitrogens with one attached hydrogen (secondary N) is 2. The van der Waals surface area contributed by atoms with Crippen LogP contribution in [-0.4, -0.2) is 38.1 Å². The number of amides is 2. The third-order valence-corrected chi connectivity index (χ3v) is 6.43. The average Bonchev–Trinajstić information content (AvgIpc) is 2.95. The van der Waals surface area contributed by atoms with Gasteiger partial charge in [-0.3, -0.25) is 9.59 Å². The summed E-state index contributed by atoms with van der Waals surface area (Å²) in [6, 6.07) is 27.8. The molecule has 0 unspecified atom stereocenters. The van der Waals surface area contributed by atoms with Crippen molar-refractivity contribution in [3.63, 3.8) is 0 Å². The molecule has 0 atom stereocenters. The van der Waals surface area contributed by atoms with Gasteiger partial charge in [-0.05, 0) is 58.7 Å². The van der Waals surface area contributed by atoms with Crippen LogP contribution in [0.15, 0.2) is 84.9 Å². The second-order valence-corrected chi connectivity index (χ2v) is 9.42. The number of unbranched alkanes of at least 4 members (excludes halogenated alkanes) is 5. The Labute approximate surface area is 224 Å². The third kappa shape index (κ3) is 8.80. The summed E-state index contributed by atoms with van der Waals surface area (Å²) in [5, 5.41) is 10.3. The Hall–Kier alpha value is -4.06. The lowest BCUT2D eigenvalue weighted by molar-refractivity contribution is -0.123. The summed E-state index contributed by atoms with van der Waals surface area (Å²) in [7, 11) is 0. The lowest BCUT2D eigenvalue weighted by Crippen LogP contribution is -2.29. The fraction of sp³-hybridized carbons (Fsp3) is 0.312. The summed E-state index contributed by atoms with van der Waals surface area (Å²) in [4.78, 5) is 24.1. The molecule has 0 saturated carbocycles. The predicted molar refractivity (Wildman–Crippen MR) is 153 cm³/mol. The Balaban J connectivity index is 0.963. The van der Waals surface area contributed by atoms with Crippen LogP contribution in [0.4, 0.5) is 0 Å². The standard InChI is InChI=1S/C32H36N2O4/c35-31(23-37-29-17-15-25-11-5-7-13-27(25)21-29)33-19-9-3-1-2-4-10-20-34-32(36)24-38-30-18-16-26-12-6-8-14-28(26)22-30/h5-8,11-18,21-22H,1-4,9-10,19-20,23-24H2,(H,33,35)(H,34,36). The monoisotopic (exact) mass is 512 g/mol. The molecule has 0 saturated heterocycles. The zero-order valence-corrected chi connectivity index (χ0v) is 21.8. The number of ether oxygens (including phenoxy) is 2. The molecule has 0 aliphatic rings. The van der Waals surface area contributed by atoms with Gasteiger partial charge in [0.15, 0.2) is 13.2 Å². The Morgan fingerprint density at radius 1 is 0.500 bits per heavy atom. The number of fused-ring (bicyclic) bond motifs is 2. The number of carbonyl (C=O) groups excluding carboxylic acids is 2. The van der Waals surface area contributed by atoms with E-state index in [0.717, 1.165) is 60.1 Å². The quantitative estimate of drug-likeness (QED) is 0.191. The maximum atomic E-state index is 12.0. The van der Waals surface area contributed by atoms with Crippen molar-refractivity contribution in [2.75, 3.05) is 26.3 Å². The highest BCUT2D eigenvalue weighted by molar-refractivity contribution is 5.85. The minimum Gasteiger partial charge on any atom is -0.484 e. The van der Waals surface area contributed by atoms with Gasteiger partial charge < -0.3 is 20.1 Å². The van der Waals surface area contributed by atoms with Crippen LogP contribution in [0.5, 0.6) is 11.5 Å². The molecule has 6 heteroatoms. The van der Waals surface area contributed by atoms with Crippen molar-refractivity contribution in [2.45, 2.75) is 38.5 Å². The molecule has 198 valence electrons. The van der Waals surface area contributed by atoms with Crippen molar-refractivity contribution in [3.05, 3.63) is 84.9 Å². The lowest BCUT2D eigenvalue weighted by Gasteiger charge is -2.09. The van der Waals surface area contributed by atoms with Crippen molar-refractivity contribution in [3.8, 4) is 11.5 Å². The molecule has 0 aliphatic heterocycles. The summed E-state index contributed by atoms with van der Waals surface area (Å²) >= 11 is 0. The van der Waals surface area contributed by atoms with E-state index in [2.05, 4.69) is 22.8 Å². The first-order valence-electron chi connectivity index (χ1n) is 13.4. The van der Waals surface area contributed by atoms with Gasteiger partial charge in [-0.1, -0.05) is 86.3 Å². The molecule has 0 spiro atoms. The zero-order valence-electron chi connectivity index (χ0n) is 21.8. The fourth-order valence-corrected chi connectivity index (χ4v) is 4.33. The summed E-state index contributed by atoms with van der Waals surface area (Å²) in [6.07, 6.45) is 6.26. The van der Waals surface area contributed by atoms with Crippen molar-refractivity contribution >= 4 is 33.4 Å². The number of benzene rings is 4. The van der Waals surface area contributed by atoms with Crippen LogP contribution >= 0.6 is 0 Å². The number of rotatable bonds is 15. The molecule has 0 bridgehead atoms. The molecular formula is C32H36N2O4. The van der Waals surface area contributed by atoms with Gasteiger partial charge in [-0.15, -0.1) is 0 Å². The van der Waals surface area contributed by atoms with Crippen LogP contribution in [-0.2, 0) is 9.59 Å². The van der Waals surface area contributed by atoms with Gasteiger partial charge >= 0.3 is 0 Å². The molecule has 0 fully saturated rings. The molecule has 0 radical (unpaired) electrons. The van der Waals surface area contributed by atoms with Gasteiger partial charge in [-0.25, -0.2) is 0 Å². The van der Waals surface area contributed by atoms with Crippen LogP contribution in [0.3, 0.4) is 0 Å². The Morgan fingerprint density at radius 3 is 1.34 bits per heavy atom. The van der Waals surface area contributed by atoms with E-state index in [1.165, 1.54) is 0 Å². The molecule has 0 aromatic heterocycles. The van der Waals surface area contributed by atoms with E-state index in [1.54, 1.807) is 0 Å². The molecule has 6 nitrogen and oxygen atoms in total. The minimum absolute atomic E-state index is 0.0252. The average molecular weight is 513 g/mol. The molecular weight excluding hydrogens is 476 g/mol. The highest BCUT2D eigenvalue weighted by atomic mass is 16.5. The molecule has 4 rings (SSSR count). The first-order chi connectivity index (χ1) is 18.7. The summed E-state index contributed by atoms with van der Waals surface area (Å²) < 4.78 is 11.3. The highest BCUT2D eigenvalue weighted by Crippen LogP contribution is 2.21. The molecule has 4 aromatic rings. The second kappa shape index (κ2) is 14.6. The van der Waals surface area contributed by atoms with Crippen LogP contribution in [0.2, 0.25) is 0 Å². The van der Waals surface area contributed by atoms with Gasteiger partial charge in [0.1, 0.15) is 11.5 Å². The van der Waals surface area contributed by atoms with Crippen molar-refractivity contribution in [2.24, 2.45) is 0 Å². The Bertz CT molecular complexity index is 1230. The van der Waals surface area contributed by atoms with E-state index < -0.39 is 0 Å². The van der Waals surface area contributed by atoms with Gasteiger partial charge in [0, 0.05) is 13.1 Å². The SMILES string of the molecule is O=C(COc1ccc2ccccc2c1)NCCCCCCCCNC(=O)COc1ccc2ccccc2c1. The van der Waals surface area contributed by atoms with Gasteiger partial charge in [-0.2, -0.15) is 0 Å². The lowest BCUT2D eigenvalue weighted by atomic mass is 10.1. The maximum Gasteiger partial charge on any atom is 0.257 e. The molecule has 2 amide bonds. The van der Waals surface area contributed by atoms with Gasteiger partial charge in [0.2, 0.25) is 0 Å². The Morgan fingerprint density at radius 2 is 0.895 bits per heavy atom. The summed E-state index contributed by atoms with van der Waals surface area (Å²) in [6.45, 7) is 1.37. The number of hydrogen-bond acceptors (Lipinski definition) is 4. The van der Waals surface area contributed by atoms with E-state index in [4.69, 9.17) is 9.47 Å². The first kappa shape index (κ1) is 27.0. The van der Waals surface area contributed by atoms with E-state index in [1.807, 2.05) is 72.8 Å². The predicted octanol–water partition coefficient (Wildman–Crippen LogP) is 6.02. The van der Waals surface area contributed by atoms with Crippen molar-refractivity contribution in [1.82, 2.24) is 10.6 Å². The van der Waals surface area contributed by atoms with Gasteiger partial charge in [0.25, 0.3) is 11.8 Å². The highest BCUT2D eigenvalue weighted by Gasteiger charge is 2.05. The number of hydrogen-bond donors (Lipinski definition) is 2. The number of carbonyl (C=O) groups is 2. The van der Waals surface area contributed by atoms with Crippen LogP contribution in [0.1, 0.15) is 38.5 Å². The van der Waals surface area contributed by atoms with E-state index in [9.17, 15) is 9.59 Å². The van der Waals surface area contributed by atoms with Crippen molar-refractivity contribution < 1.29 is 19.1 Å². The second-order valence-electron chi connectivity index (χ2n) is 9.42. The van der Waals surface area contributed by atoms with Crippen LogP contribution in [0, 0.1) is 0 Å². The molecule has 2 N–H and O–H groups in total. The Kier molecular flexibility index (Phi) is 10.4. The van der Waals surface area contributed by atoms with E-state index >= 15 is 0 Å². The largest absolute Gasteiger partial charge is 0.484 e. The summed E-state index contributed by atoms with van der Waals surface area (Å²) in [5.41, 5.74) is 0. The van der Waals surface area contributed by atoms with Crippen molar-refractivity contribution in [1.29, 1.82) is 0 Å². The molecule has 0 aliphatic carbocycles. The molecule has 0 heterocycles. The fourth-order valence-electron chi connectivity index (χ4n) is 4.33. The zero-order chi connectivity index (χ0) is 26.4. The first-order valence-corrected chi connectivity index (χ1v) is 13.4. The van der Waals surface area contributed by atoms with E-state index in [0.29, 0.717) is 24.6 Å². The van der Waals surface area contributed by atoms with E-state index in [-0.39, 0.29) is 25.0 Å². The summed E-state index contributed by atoms with van der Waals surface area (Å²) in [5.74, 6) is 1.21. The maximum absolute atomic E-state index is 12.0. The third-order valence-electron chi connectivity index (χ3n) is 6.43. The van der Waals surface area contributed by atoms with Crippen LogP contribution < -0.4 is 20.1 Å². The smallest absolute Gasteiger partial charge is 0.257 e. The topological polar surface area (TPSA) is 76.7 Å². The molecule has 38 heavy (non-hydrogen) atoms. The normalized spacial score (nSPS) is 10.8. The minimum atomic E-state index is -0.0986. The van der Waals surface area contributed by atoms with Gasteiger partial charge in [0.05, 0.1) is 0 Å².